The Labute approximate surface area is 135 Å². The minimum Gasteiger partial charge on any atom is -0.380 e. The van der Waals surface area contributed by atoms with E-state index in [0.29, 0.717) is 12.0 Å². The summed E-state index contributed by atoms with van der Waals surface area (Å²) >= 11 is 0. The van der Waals surface area contributed by atoms with Gasteiger partial charge in [-0.3, -0.25) is 4.98 Å². The van der Waals surface area contributed by atoms with Crippen LogP contribution in [-0.2, 0) is 4.74 Å². The quantitative estimate of drug-likeness (QED) is 0.899. The first-order chi connectivity index (χ1) is 11.4. The molecule has 0 amide bonds. The maximum atomic E-state index is 5.38. The topological polar surface area (TPSA) is 63.2 Å². The van der Waals surface area contributed by atoms with Gasteiger partial charge in [0, 0.05) is 56.2 Å². The summed E-state index contributed by atoms with van der Waals surface area (Å²) in [6.45, 7) is 4.91. The van der Waals surface area contributed by atoms with Crippen LogP contribution in [0.3, 0.4) is 0 Å². The van der Waals surface area contributed by atoms with Gasteiger partial charge < -0.3 is 15.0 Å². The summed E-state index contributed by atoms with van der Waals surface area (Å²) in [5.41, 5.74) is 1.93. The van der Waals surface area contributed by atoms with Crippen molar-refractivity contribution in [1.29, 1.82) is 0 Å². The molecule has 2 fully saturated rings. The highest BCUT2D eigenvalue weighted by Crippen LogP contribution is 2.24. The highest BCUT2D eigenvalue weighted by Gasteiger charge is 2.28. The van der Waals surface area contributed by atoms with Crippen molar-refractivity contribution in [2.45, 2.75) is 12.5 Å². The smallest absolute Gasteiger partial charge is 0.151 e. The van der Waals surface area contributed by atoms with E-state index in [4.69, 9.17) is 4.74 Å². The van der Waals surface area contributed by atoms with Crippen molar-refractivity contribution in [3.05, 3.63) is 36.7 Å². The minimum atomic E-state index is 0.545. The van der Waals surface area contributed by atoms with Crippen LogP contribution in [0.4, 0.5) is 5.82 Å². The first kappa shape index (κ1) is 14.5. The Hall–Kier alpha value is -2.05. The molecule has 0 spiro atoms. The van der Waals surface area contributed by atoms with Crippen LogP contribution in [-0.4, -0.2) is 54.1 Å². The molecule has 0 radical (unpaired) electrons. The van der Waals surface area contributed by atoms with Gasteiger partial charge in [-0.2, -0.15) is 0 Å². The molecule has 0 saturated carbocycles. The second-order valence-corrected chi connectivity index (χ2v) is 6.25. The summed E-state index contributed by atoms with van der Waals surface area (Å²) in [6.07, 6.45) is 4.68. The monoisotopic (exact) mass is 311 g/mol. The van der Waals surface area contributed by atoms with Crippen LogP contribution in [0.5, 0.6) is 0 Å². The number of aromatic nitrogens is 3. The number of pyridine rings is 1. The number of ether oxygens (including phenoxy) is 1. The maximum Gasteiger partial charge on any atom is 0.151 e. The summed E-state index contributed by atoms with van der Waals surface area (Å²) in [5.74, 6) is 1.65. The van der Waals surface area contributed by atoms with Gasteiger partial charge in [-0.1, -0.05) is 0 Å². The van der Waals surface area contributed by atoms with E-state index < -0.39 is 0 Å². The molecule has 1 unspecified atom stereocenters. The summed E-state index contributed by atoms with van der Waals surface area (Å²) in [6, 6.07) is 8.52. The van der Waals surface area contributed by atoms with Crippen LogP contribution in [0.1, 0.15) is 6.42 Å². The third-order valence-corrected chi connectivity index (χ3v) is 4.53. The largest absolute Gasteiger partial charge is 0.380 e. The highest BCUT2D eigenvalue weighted by molar-refractivity contribution is 5.59. The predicted molar refractivity (Wildman–Crippen MR) is 88.2 cm³/mol. The van der Waals surface area contributed by atoms with E-state index in [2.05, 4.69) is 31.5 Å². The molecule has 2 aromatic heterocycles. The first-order valence-corrected chi connectivity index (χ1v) is 8.19. The van der Waals surface area contributed by atoms with Gasteiger partial charge >= 0.3 is 0 Å². The molecule has 2 aliphatic rings. The van der Waals surface area contributed by atoms with Crippen molar-refractivity contribution >= 4 is 5.82 Å². The fourth-order valence-corrected chi connectivity index (χ4v) is 3.09. The molecule has 2 aromatic rings. The Bertz CT molecular complexity index is 621. The van der Waals surface area contributed by atoms with Gasteiger partial charge in [-0.25, -0.2) is 0 Å². The standard InChI is InChI=1S/C17H21N5O/c1-2-17(21-20-16(1)14-3-6-18-7-4-14)22-10-13(11-22)9-19-15-5-8-23-12-15/h1-4,6-7,13,15,19H,5,8-12H2. The second kappa shape index (κ2) is 6.60. The van der Waals surface area contributed by atoms with E-state index >= 15 is 0 Å². The fourth-order valence-electron chi connectivity index (χ4n) is 3.09. The third kappa shape index (κ3) is 3.33. The molecule has 4 rings (SSSR count). The van der Waals surface area contributed by atoms with Gasteiger partial charge in [-0.15, -0.1) is 10.2 Å². The normalized spacial score (nSPS) is 21.4. The summed E-state index contributed by atoms with van der Waals surface area (Å²) < 4.78 is 5.38. The highest BCUT2D eigenvalue weighted by atomic mass is 16.5. The molecule has 6 heteroatoms. The summed E-state index contributed by atoms with van der Waals surface area (Å²) in [4.78, 5) is 6.30. The molecule has 0 bridgehead atoms. The molecule has 2 aliphatic heterocycles. The molecule has 23 heavy (non-hydrogen) atoms. The molecule has 2 saturated heterocycles. The van der Waals surface area contributed by atoms with Crippen LogP contribution >= 0.6 is 0 Å². The predicted octanol–water partition coefficient (Wildman–Crippen LogP) is 1.35. The van der Waals surface area contributed by atoms with Crippen molar-refractivity contribution in [2.75, 3.05) is 37.7 Å². The van der Waals surface area contributed by atoms with Gasteiger partial charge in [0.05, 0.1) is 12.3 Å². The van der Waals surface area contributed by atoms with Crippen LogP contribution in [0.2, 0.25) is 0 Å². The van der Waals surface area contributed by atoms with E-state index in [9.17, 15) is 0 Å². The lowest BCUT2D eigenvalue weighted by Gasteiger charge is -2.40. The van der Waals surface area contributed by atoms with Crippen molar-refractivity contribution in [2.24, 2.45) is 5.92 Å². The van der Waals surface area contributed by atoms with Gasteiger partial charge in [0.25, 0.3) is 0 Å². The van der Waals surface area contributed by atoms with Crippen molar-refractivity contribution in [1.82, 2.24) is 20.5 Å². The van der Waals surface area contributed by atoms with Crippen molar-refractivity contribution in [3.8, 4) is 11.3 Å². The zero-order chi connectivity index (χ0) is 15.5. The fraction of sp³-hybridized carbons (Fsp3) is 0.471. The Morgan fingerprint density at radius 1 is 1.13 bits per heavy atom. The first-order valence-electron chi connectivity index (χ1n) is 8.19. The lowest BCUT2D eigenvalue weighted by molar-refractivity contribution is 0.188. The van der Waals surface area contributed by atoms with Crippen molar-refractivity contribution in [3.63, 3.8) is 0 Å². The lowest BCUT2D eigenvalue weighted by Crippen LogP contribution is -2.52. The molecule has 0 aromatic carbocycles. The number of rotatable bonds is 5. The third-order valence-electron chi connectivity index (χ3n) is 4.53. The number of hydrogen-bond donors (Lipinski definition) is 1. The van der Waals surface area contributed by atoms with Gasteiger partial charge in [-0.05, 0) is 30.7 Å². The minimum absolute atomic E-state index is 0.545. The van der Waals surface area contributed by atoms with Gasteiger partial charge in [0.1, 0.15) is 0 Å². The zero-order valence-corrected chi connectivity index (χ0v) is 13.1. The number of nitrogens with zero attached hydrogens (tertiary/aromatic N) is 4. The van der Waals surface area contributed by atoms with E-state index in [1.165, 1.54) is 0 Å². The molecule has 4 heterocycles. The molecule has 1 atom stereocenters. The van der Waals surface area contributed by atoms with Crippen LogP contribution < -0.4 is 10.2 Å². The van der Waals surface area contributed by atoms with Crippen molar-refractivity contribution < 1.29 is 4.74 Å². The average molecular weight is 311 g/mol. The summed E-state index contributed by atoms with van der Waals surface area (Å²) in [5, 5.41) is 12.3. The SMILES string of the molecule is c1cc(-c2ccc(N3CC(CNC4CCOC4)C3)nn2)ccn1. The maximum absolute atomic E-state index is 5.38. The van der Waals surface area contributed by atoms with Gasteiger partial charge in [0.2, 0.25) is 0 Å². The van der Waals surface area contributed by atoms with E-state index in [0.717, 1.165) is 56.3 Å². The van der Waals surface area contributed by atoms with Crippen LogP contribution in [0.25, 0.3) is 11.3 Å². The second-order valence-electron chi connectivity index (χ2n) is 6.25. The Kier molecular flexibility index (Phi) is 4.17. The van der Waals surface area contributed by atoms with Crippen LogP contribution in [0, 0.1) is 5.92 Å². The molecule has 120 valence electrons. The Morgan fingerprint density at radius 2 is 2.00 bits per heavy atom. The Balaban J connectivity index is 1.28. The van der Waals surface area contributed by atoms with Gasteiger partial charge in [0.15, 0.2) is 5.82 Å². The molecular weight excluding hydrogens is 290 g/mol. The number of hydrogen-bond acceptors (Lipinski definition) is 6. The molecule has 1 N–H and O–H groups in total. The summed E-state index contributed by atoms with van der Waals surface area (Å²) in [7, 11) is 0. The molecule has 6 nitrogen and oxygen atoms in total. The molecular formula is C17H21N5O. The Morgan fingerprint density at radius 3 is 2.70 bits per heavy atom. The number of anilines is 1. The van der Waals surface area contributed by atoms with Crippen LogP contribution in [0.15, 0.2) is 36.7 Å². The number of nitrogens with one attached hydrogen (secondary N) is 1. The molecule has 0 aliphatic carbocycles. The van der Waals surface area contributed by atoms with E-state index in [1.807, 2.05) is 18.2 Å². The lowest BCUT2D eigenvalue weighted by atomic mass is 9.99. The zero-order valence-electron chi connectivity index (χ0n) is 13.1. The average Bonchev–Trinajstić information content (AvgIpc) is 3.08. The van der Waals surface area contributed by atoms with E-state index in [1.54, 1.807) is 12.4 Å². The van der Waals surface area contributed by atoms with E-state index in [-0.39, 0.29) is 0 Å².